The van der Waals surface area contributed by atoms with Crippen LogP contribution in [-0.2, 0) is 9.59 Å². The second kappa shape index (κ2) is 23.6. The molecule has 0 fully saturated rings. The van der Waals surface area contributed by atoms with E-state index >= 15 is 0 Å². The van der Waals surface area contributed by atoms with Gasteiger partial charge in [-0.25, -0.2) is 0 Å². The van der Waals surface area contributed by atoms with E-state index in [0.29, 0.717) is 12.2 Å². The van der Waals surface area contributed by atoms with Crippen LogP contribution in [0.3, 0.4) is 0 Å². The molecule has 0 bridgehead atoms. The molecule has 0 aliphatic rings. The predicted molar refractivity (Wildman–Crippen MR) is 49.3 cm³/mol. The quantitative estimate of drug-likeness (QED) is 0.253. The second-order valence-electron chi connectivity index (χ2n) is 1.84. The maximum Gasteiger partial charge on any atom is 1.00 e. The third kappa shape index (κ3) is 31.5. The molecule has 0 aliphatic heterocycles. The summed E-state index contributed by atoms with van der Waals surface area (Å²) in [4.78, 5) is 16.5. The SMILES string of the molecule is Cc1ccccc1.[N-]=C=O.[N-]=C=O.[Na+].[Na+]. The molecule has 0 unspecified atom stereocenters. The largest absolute Gasteiger partial charge is 1.00 e. The monoisotopic (exact) mass is 222 g/mol. The zero-order valence-corrected chi connectivity index (χ0v) is 13.1. The molecule has 0 N–H and O–H groups in total. The molecule has 1 rings (SSSR count). The van der Waals surface area contributed by atoms with Gasteiger partial charge in [-0.05, 0) is 19.1 Å². The molecule has 0 aromatic heterocycles. The van der Waals surface area contributed by atoms with Crippen molar-refractivity contribution in [1.82, 2.24) is 0 Å². The van der Waals surface area contributed by atoms with Gasteiger partial charge in [-0.3, -0.25) is 9.59 Å². The zero-order chi connectivity index (χ0) is 10.5. The van der Waals surface area contributed by atoms with Crippen LogP contribution in [0.2, 0.25) is 0 Å². The number of hydrogen-bond acceptors (Lipinski definition) is 2. The molecular formula is C9H8N2Na2O2. The number of carbonyl (C=O) groups excluding carboxylic acids is 2. The zero-order valence-electron chi connectivity index (χ0n) is 9.10. The average Bonchev–Trinajstić information content (AvgIpc) is 2.08. The molecule has 0 radical (unpaired) electrons. The topological polar surface area (TPSA) is 78.7 Å². The third-order valence-electron chi connectivity index (χ3n) is 0.940. The van der Waals surface area contributed by atoms with Crippen LogP contribution in [0.1, 0.15) is 5.56 Å². The van der Waals surface area contributed by atoms with E-state index in [1.54, 1.807) is 0 Å². The Labute approximate surface area is 133 Å². The van der Waals surface area contributed by atoms with Crippen LogP contribution in [0.5, 0.6) is 0 Å². The van der Waals surface area contributed by atoms with Gasteiger partial charge in [0.25, 0.3) is 0 Å². The van der Waals surface area contributed by atoms with E-state index in [4.69, 9.17) is 20.4 Å². The van der Waals surface area contributed by atoms with Crippen LogP contribution >= 0.6 is 0 Å². The first-order chi connectivity index (χ1) is 6.22. The minimum Gasteiger partial charge on any atom is -0.724 e. The molecule has 0 saturated carbocycles. The van der Waals surface area contributed by atoms with Crippen LogP contribution in [0.15, 0.2) is 30.3 Å². The van der Waals surface area contributed by atoms with Crippen molar-refractivity contribution < 1.29 is 68.7 Å². The van der Waals surface area contributed by atoms with E-state index < -0.39 is 0 Å². The fourth-order valence-electron chi connectivity index (χ4n) is 0.534. The summed E-state index contributed by atoms with van der Waals surface area (Å²) in [6, 6.07) is 10.3. The summed E-state index contributed by atoms with van der Waals surface area (Å²) in [5.74, 6) is 0. The molecule has 0 amide bonds. The summed E-state index contributed by atoms with van der Waals surface area (Å²) < 4.78 is 0. The molecule has 4 nitrogen and oxygen atoms in total. The number of isocyanates is 2. The van der Waals surface area contributed by atoms with E-state index in [2.05, 4.69) is 19.1 Å². The molecule has 15 heavy (non-hydrogen) atoms. The van der Waals surface area contributed by atoms with Crippen molar-refractivity contribution in [2.45, 2.75) is 6.92 Å². The van der Waals surface area contributed by atoms with Gasteiger partial charge in [-0.2, -0.15) is 0 Å². The summed E-state index contributed by atoms with van der Waals surface area (Å²) in [7, 11) is 0. The Morgan fingerprint density at radius 3 is 1.33 bits per heavy atom. The summed E-state index contributed by atoms with van der Waals surface area (Å²) in [6.07, 6.45) is 1.00. The van der Waals surface area contributed by atoms with E-state index in [0.717, 1.165) is 0 Å². The molecule has 1 aromatic carbocycles. The Hall–Kier alpha value is -0.0200. The molecule has 0 saturated heterocycles. The molecule has 0 aliphatic carbocycles. The van der Waals surface area contributed by atoms with E-state index in [-0.39, 0.29) is 59.1 Å². The fraction of sp³-hybridized carbons (Fsp3) is 0.111. The van der Waals surface area contributed by atoms with Gasteiger partial charge in [0.1, 0.15) is 0 Å². The van der Waals surface area contributed by atoms with Gasteiger partial charge in [-0.1, -0.05) is 35.9 Å². The van der Waals surface area contributed by atoms with Gasteiger partial charge in [0.15, 0.2) is 0 Å². The first-order valence-corrected chi connectivity index (χ1v) is 3.27. The van der Waals surface area contributed by atoms with Crippen molar-refractivity contribution in [3.8, 4) is 0 Å². The van der Waals surface area contributed by atoms with Gasteiger partial charge >= 0.3 is 59.1 Å². The van der Waals surface area contributed by atoms with Crippen molar-refractivity contribution in [3.05, 3.63) is 46.7 Å². The summed E-state index contributed by atoms with van der Waals surface area (Å²) >= 11 is 0. The van der Waals surface area contributed by atoms with Crippen LogP contribution in [0, 0.1) is 6.92 Å². The van der Waals surface area contributed by atoms with E-state index in [1.165, 1.54) is 5.56 Å². The summed E-state index contributed by atoms with van der Waals surface area (Å²) in [5, 5.41) is 13.5. The minimum atomic E-state index is 0. The van der Waals surface area contributed by atoms with Crippen LogP contribution in [0.4, 0.5) is 0 Å². The Balaban J connectivity index is -0.0000000665. The summed E-state index contributed by atoms with van der Waals surface area (Å²) in [6.45, 7) is 2.08. The molecule has 0 heterocycles. The Kier molecular flexibility index (Phi) is 38.3. The summed E-state index contributed by atoms with van der Waals surface area (Å²) in [5.41, 5.74) is 1.32. The fourth-order valence-corrected chi connectivity index (χ4v) is 0.534. The minimum absolute atomic E-state index is 0. The first-order valence-electron chi connectivity index (χ1n) is 3.27. The van der Waals surface area contributed by atoms with Gasteiger partial charge in [-0.15, -0.1) is 0 Å². The first kappa shape index (κ1) is 24.3. The van der Waals surface area contributed by atoms with Crippen molar-refractivity contribution in [2.24, 2.45) is 0 Å². The standard InChI is InChI=1S/C7H8.2CNO.2Na/c1-7-5-3-2-4-6-7;2*2-1-3;;/h2-6H,1H3;;;;/q;2*-1;2*+1. The molecule has 0 atom stereocenters. The number of rotatable bonds is 0. The van der Waals surface area contributed by atoms with E-state index in [9.17, 15) is 0 Å². The van der Waals surface area contributed by atoms with Crippen molar-refractivity contribution >= 4 is 12.2 Å². The number of nitrogens with zero attached hydrogens (tertiary/aromatic N) is 2. The smallest absolute Gasteiger partial charge is 0.724 e. The van der Waals surface area contributed by atoms with Gasteiger partial charge in [0, 0.05) is 0 Å². The van der Waals surface area contributed by atoms with Gasteiger partial charge in [0.05, 0.1) is 0 Å². The Bertz CT molecular complexity index is 267. The van der Waals surface area contributed by atoms with Crippen molar-refractivity contribution in [1.29, 1.82) is 0 Å². The number of benzene rings is 1. The van der Waals surface area contributed by atoms with Gasteiger partial charge < -0.3 is 10.8 Å². The Morgan fingerprint density at radius 2 is 1.20 bits per heavy atom. The maximum atomic E-state index is 8.24. The van der Waals surface area contributed by atoms with E-state index in [1.807, 2.05) is 18.2 Å². The molecular weight excluding hydrogens is 214 g/mol. The van der Waals surface area contributed by atoms with Crippen molar-refractivity contribution in [3.63, 3.8) is 0 Å². The van der Waals surface area contributed by atoms with Crippen LogP contribution < -0.4 is 59.1 Å². The maximum absolute atomic E-state index is 8.24. The number of aryl methyl sites for hydroxylation is 1. The average molecular weight is 222 g/mol. The Morgan fingerprint density at radius 1 is 0.933 bits per heavy atom. The second-order valence-corrected chi connectivity index (χ2v) is 1.84. The molecule has 6 heteroatoms. The molecule has 68 valence electrons. The number of hydrogen-bond donors (Lipinski definition) is 0. The van der Waals surface area contributed by atoms with Crippen LogP contribution in [-0.4, -0.2) is 12.2 Å². The van der Waals surface area contributed by atoms with Crippen molar-refractivity contribution in [2.75, 3.05) is 0 Å². The predicted octanol–water partition coefficient (Wildman–Crippen LogP) is -4.21. The van der Waals surface area contributed by atoms with Gasteiger partial charge in [0.2, 0.25) is 0 Å². The normalized spacial score (nSPS) is 5.13. The van der Waals surface area contributed by atoms with Crippen LogP contribution in [0.25, 0.3) is 10.8 Å². The third-order valence-corrected chi connectivity index (χ3v) is 0.940. The molecule has 0 spiro atoms. The molecule has 1 aromatic rings.